The van der Waals surface area contributed by atoms with Crippen LogP contribution in [0.2, 0.25) is 0 Å². The third-order valence-corrected chi connectivity index (χ3v) is 6.53. The Labute approximate surface area is 180 Å². The Morgan fingerprint density at radius 2 is 1.87 bits per heavy atom. The van der Waals surface area contributed by atoms with E-state index in [2.05, 4.69) is 9.97 Å². The fraction of sp³-hybridized carbons (Fsp3) is 0.136. The standard InChI is InChI=1S/C22H18FN3O2S2/c1-13(21(28)26(2)16-6-4-3-5-7-16)30-22-24-19(27)18-17(12-29-20(18)25-22)14-8-10-15(23)11-9-14/h3-13H,1-2H3,(H,24,25,27). The Kier molecular flexibility index (Phi) is 5.69. The smallest absolute Gasteiger partial charge is 0.260 e. The highest BCUT2D eigenvalue weighted by molar-refractivity contribution is 8.00. The quantitative estimate of drug-likeness (QED) is 0.354. The van der Waals surface area contributed by atoms with E-state index < -0.39 is 5.25 Å². The molecule has 1 amide bonds. The molecule has 0 aliphatic heterocycles. The Balaban J connectivity index is 1.59. The zero-order chi connectivity index (χ0) is 21.3. The maximum atomic E-state index is 13.2. The van der Waals surface area contributed by atoms with Crippen LogP contribution in [0.3, 0.4) is 0 Å². The number of carbonyl (C=O) groups is 1. The van der Waals surface area contributed by atoms with Crippen molar-refractivity contribution in [2.24, 2.45) is 0 Å². The summed E-state index contributed by atoms with van der Waals surface area (Å²) in [6.07, 6.45) is 0. The minimum absolute atomic E-state index is 0.0906. The lowest BCUT2D eigenvalue weighted by molar-refractivity contribution is -0.117. The van der Waals surface area contributed by atoms with Crippen molar-refractivity contribution >= 4 is 44.9 Å². The number of H-pyrrole nitrogens is 1. The molecule has 0 fully saturated rings. The summed E-state index contributed by atoms with van der Waals surface area (Å²) >= 11 is 2.56. The van der Waals surface area contributed by atoms with Crippen LogP contribution in [-0.4, -0.2) is 28.2 Å². The van der Waals surface area contributed by atoms with Gasteiger partial charge in [0.25, 0.3) is 5.56 Å². The lowest BCUT2D eigenvalue weighted by atomic mass is 10.1. The summed E-state index contributed by atoms with van der Waals surface area (Å²) in [7, 11) is 1.72. The van der Waals surface area contributed by atoms with Crippen molar-refractivity contribution in [2.75, 3.05) is 11.9 Å². The first-order valence-electron chi connectivity index (χ1n) is 9.21. The average molecular weight is 440 g/mol. The van der Waals surface area contributed by atoms with Gasteiger partial charge in [-0.15, -0.1) is 11.3 Å². The number of rotatable bonds is 5. The van der Waals surface area contributed by atoms with Crippen molar-refractivity contribution in [3.05, 3.63) is 76.1 Å². The highest BCUT2D eigenvalue weighted by Crippen LogP contribution is 2.32. The topological polar surface area (TPSA) is 66.1 Å². The summed E-state index contributed by atoms with van der Waals surface area (Å²) in [5.74, 6) is -0.421. The SMILES string of the molecule is CC(Sc1nc2scc(-c3ccc(F)cc3)c2c(=O)[nH]1)C(=O)N(C)c1ccccc1. The second-order valence-corrected chi connectivity index (χ2v) is 8.89. The summed E-state index contributed by atoms with van der Waals surface area (Å²) in [4.78, 5) is 35.0. The number of thioether (sulfide) groups is 1. The van der Waals surface area contributed by atoms with E-state index in [4.69, 9.17) is 0 Å². The summed E-state index contributed by atoms with van der Waals surface area (Å²) in [5.41, 5.74) is 1.99. The van der Waals surface area contributed by atoms with Gasteiger partial charge in [0.2, 0.25) is 5.91 Å². The lowest BCUT2D eigenvalue weighted by Gasteiger charge is -2.20. The van der Waals surface area contributed by atoms with Gasteiger partial charge in [-0.2, -0.15) is 0 Å². The first-order chi connectivity index (χ1) is 14.4. The molecule has 0 saturated heterocycles. The Morgan fingerprint density at radius 3 is 2.57 bits per heavy atom. The summed E-state index contributed by atoms with van der Waals surface area (Å²) < 4.78 is 13.2. The van der Waals surface area contributed by atoms with E-state index in [9.17, 15) is 14.0 Å². The average Bonchev–Trinajstić information content (AvgIpc) is 3.18. The monoisotopic (exact) mass is 439 g/mol. The van der Waals surface area contributed by atoms with Crippen molar-refractivity contribution in [2.45, 2.75) is 17.3 Å². The van der Waals surface area contributed by atoms with Crippen molar-refractivity contribution < 1.29 is 9.18 Å². The first kappa shape index (κ1) is 20.3. The number of hydrogen-bond donors (Lipinski definition) is 1. The highest BCUT2D eigenvalue weighted by Gasteiger charge is 2.22. The summed E-state index contributed by atoms with van der Waals surface area (Å²) in [5, 5.41) is 2.26. The van der Waals surface area contributed by atoms with Gasteiger partial charge < -0.3 is 9.88 Å². The van der Waals surface area contributed by atoms with Crippen molar-refractivity contribution in [3.8, 4) is 11.1 Å². The molecule has 8 heteroatoms. The van der Waals surface area contributed by atoms with Crippen LogP contribution in [0, 0.1) is 5.82 Å². The number of nitrogens with zero attached hydrogens (tertiary/aromatic N) is 2. The second-order valence-electron chi connectivity index (χ2n) is 6.70. The molecule has 2 aromatic carbocycles. The van der Waals surface area contributed by atoms with E-state index in [-0.39, 0.29) is 17.3 Å². The van der Waals surface area contributed by atoms with Gasteiger partial charge in [0, 0.05) is 23.7 Å². The maximum Gasteiger partial charge on any atom is 0.260 e. The fourth-order valence-electron chi connectivity index (χ4n) is 3.10. The summed E-state index contributed by atoms with van der Waals surface area (Å²) in [6, 6.07) is 15.4. The van der Waals surface area contributed by atoms with Gasteiger partial charge in [-0.3, -0.25) is 9.59 Å². The maximum absolute atomic E-state index is 13.2. The third-order valence-electron chi connectivity index (χ3n) is 4.69. The number of hydrogen-bond acceptors (Lipinski definition) is 5. The zero-order valence-electron chi connectivity index (χ0n) is 16.3. The molecule has 4 aromatic rings. The van der Waals surface area contributed by atoms with E-state index >= 15 is 0 Å². The largest absolute Gasteiger partial charge is 0.315 e. The fourth-order valence-corrected chi connectivity index (χ4v) is 4.99. The number of carbonyl (C=O) groups excluding carboxylic acids is 1. The molecule has 30 heavy (non-hydrogen) atoms. The molecule has 0 aliphatic rings. The Bertz CT molecular complexity index is 1250. The molecule has 152 valence electrons. The van der Waals surface area contributed by atoms with E-state index in [0.717, 1.165) is 11.3 Å². The number of para-hydroxylation sites is 1. The van der Waals surface area contributed by atoms with Gasteiger partial charge in [-0.25, -0.2) is 9.37 Å². The van der Waals surface area contributed by atoms with Gasteiger partial charge in [0.05, 0.1) is 10.6 Å². The minimum atomic E-state index is -0.438. The van der Waals surface area contributed by atoms with E-state index in [0.29, 0.717) is 20.9 Å². The molecule has 2 heterocycles. The number of benzene rings is 2. The number of aromatic nitrogens is 2. The molecule has 0 radical (unpaired) electrons. The van der Waals surface area contributed by atoms with Crippen molar-refractivity contribution in [1.82, 2.24) is 9.97 Å². The molecule has 4 rings (SSSR count). The van der Waals surface area contributed by atoms with Crippen LogP contribution in [0.1, 0.15) is 6.92 Å². The van der Waals surface area contributed by atoms with Gasteiger partial charge >= 0.3 is 0 Å². The van der Waals surface area contributed by atoms with E-state index in [1.807, 2.05) is 35.7 Å². The van der Waals surface area contributed by atoms with Gasteiger partial charge in [0.15, 0.2) is 5.16 Å². The molecule has 0 bridgehead atoms. The molecule has 0 saturated carbocycles. The zero-order valence-corrected chi connectivity index (χ0v) is 17.9. The number of aromatic amines is 1. The molecular formula is C22H18FN3O2S2. The number of fused-ring (bicyclic) bond motifs is 1. The predicted octanol–water partition coefficient (Wildman–Crippen LogP) is 4.93. The molecular weight excluding hydrogens is 421 g/mol. The molecule has 1 N–H and O–H groups in total. The van der Waals surface area contributed by atoms with E-state index in [1.165, 1.54) is 35.2 Å². The van der Waals surface area contributed by atoms with Crippen LogP contribution in [0.4, 0.5) is 10.1 Å². The minimum Gasteiger partial charge on any atom is -0.315 e. The predicted molar refractivity (Wildman–Crippen MR) is 121 cm³/mol. The van der Waals surface area contributed by atoms with Crippen LogP contribution >= 0.6 is 23.1 Å². The molecule has 2 aromatic heterocycles. The van der Waals surface area contributed by atoms with Crippen LogP contribution in [-0.2, 0) is 4.79 Å². The van der Waals surface area contributed by atoms with Gasteiger partial charge in [0.1, 0.15) is 10.6 Å². The Morgan fingerprint density at radius 1 is 1.17 bits per heavy atom. The first-order valence-corrected chi connectivity index (χ1v) is 11.0. The highest BCUT2D eigenvalue weighted by atomic mass is 32.2. The number of nitrogens with one attached hydrogen (secondary N) is 1. The molecule has 1 unspecified atom stereocenters. The second kappa shape index (κ2) is 8.41. The van der Waals surface area contributed by atoms with Crippen LogP contribution in [0.25, 0.3) is 21.3 Å². The number of amides is 1. The number of halogens is 1. The van der Waals surface area contributed by atoms with Crippen molar-refractivity contribution in [1.29, 1.82) is 0 Å². The Hall–Kier alpha value is -2.97. The van der Waals surface area contributed by atoms with Gasteiger partial charge in [-0.05, 0) is 36.8 Å². The summed E-state index contributed by atoms with van der Waals surface area (Å²) in [6.45, 7) is 1.79. The number of anilines is 1. The van der Waals surface area contributed by atoms with Crippen LogP contribution < -0.4 is 10.5 Å². The lowest BCUT2D eigenvalue weighted by Crippen LogP contribution is -2.33. The number of thiophene rings is 1. The van der Waals surface area contributed by atoms with Crippen LogP contribution in [0.5, 0.6) is 0 Å². The van der Waals surface area contributed by atoms with Crippen LogP contribution in [0.15, 0.2) is 69.9 Å². The molecule has 0 aliphatic carbocycles. The normalized spacial score (nSPS) is 12.1. The third kappa shape index (κ3) is 4.01. The van der Waals surface area contributed by atoms with E-state index in [1.54, 1.807) is 31.0 Å². The molecule has 1 atom stereocenters. The van der Waals surface area contributed by atoms with Crippen molar-refractivity contribution in [3.63, 3.8) is 0 Å². The van der Waals surface area contributed by atoms with Gasteiger partial charge in [-0.1, -0.05) is 42.1 Å². The molecule has 5 nitrogen and oxygen atoms in total. The molecule has 0 spiro atoms.